The van der Waals surface area contributed by atoms with Gasteiger partial charge >= 0.3 is 6.09 Å². The first-order valence-electron chi connectivity index (χ1n) is 7.52. The molecule has 0 radical (unpaired) electrons. The number of fused-ring (bicyclic) bond motifs is 1. The van der Waals surface area contributed by atoms with E-state index in [1.165, 1.54) is 0 Å². The van der Waals surface area contributed by atoms with E-state index >= 15 is 0 Å². The molecule has 23 heavy (non-hydrogen) atoms. The normalized spacial score (nSPS) is 15.6. The van der Waals surface area contributed by atoms with Crippen molar-refractivity contribution in [2.24, 2.45) is 0 Å². The molecule has 2 aromatic heterocycles. The van der Waals surface area contributed by atoms with Crippen molar-refractivity contribution in [3.63, 3.8) is 0 Å². The van der Waals surface area contributed by atoms with Gasteiger partial charge in [-0.3, -0.25) is 0 Å². The van der Waals surface area contributed by atoms with Gasteiger partial charge in [-0.25, -0.2) is 9.78 Å². The van der Waals surface area contributed by atoms with E-state index in [0.29, 0.717) is 30.0 Å². The van der Waals surface area contributed by atoms with Crippen molar-refractivity contribution >= 4 is 28.6 Å². The largest absolute Gasteiger partial charge is 0.444 e. The molecule has 0 saturated carbocycles. The van der Waals surface area contributed by atoms with Gasteiger partial charge in [0, 0.05) is 19.3 Å². The average molecular weight is 316 g/mol. The second kappa shape index (κ2) is 5.57. The van der Waals surface area contributed by atoms with Crippen LogP contribution in [0.15, 0.2) is 22.9 Å². The number of amides is 1. The lowest BCUT2D eigenvalue weighted by atomic mass is 10.0. The number of carbonyl (C=O) groups is 1. The Morgan fingerprint density at radius 1 is 1.43 bits per heavy atom. The number of rotatable bonds is 1. The predicted octanol–water partition coefficient (Wildman–Crippen LogP) is 2.83. The highest BCUT2D eigenvalue weighted by atomic mass is 16.6. The molecule has 3 rings (SSSR count). The monoisotopic (exact) mass is 316 g/mol. The molecule has 2 N–H and O–H groups in total. The maximum atomic E-state index is 12.2. The first-order chi connectivity index (χ1) is 10.8. The molecule has 1 aliphatic rings. The fourth-order valence-electron chi connectivity index (χ4n) is 2.46. The van der Waals surface area contributed by atoms with Crippen LogP contribution in [-0.4, -0.2) is 39.8 Å². The molecule has 0 aromatic carbocycles. The number of nitrogen functional groups attached to an aromatic ring is 1. The molecule has 0 spiro atoms. The predicted molar refractivity (Wildman–Crippen MR) is 86.6 cm³/mol. The summed E-state index contributed by atoms with van der Waals surface area (Å²) in [5, 5.41) is 4.38. The SMILES string of the molecule is CC(C)(C)OC(=O)N1CCC=C(c2cnc3onc(N)c3c2)C1. The Morgan fingerprint density at radius 3 is 2.96 bits per heavy atom. The molecule has 2 aromatic rings. The average Bonchev–Trinajstić information content (AvgIpc) is 2.87. The molecule has 0 atom stereocenters. The van der Waals surface area contributed by atoms with Gasteiger partial charge in [0.2, 0.25) is 0 Å². The third-order valence-corrected chi connectivity index (χ3v) is 3.53. The molecule has 0 aliphatic carbocycles. The summed E-state index contributed by atoms with van der Waals surface area (Å²) in [7, 11) is 0. The Morgan fingerprint density at radius 2 is 2.22 bits per heavy atom. The summed E-state index contributed by atoms with van der Waals surface area (Å²) < 4.78 is 10.5. The lowest BCUT2D eigenvalue weighted by Gasteiger charge is -2.30. The van der Waals surface area contributed by atoms with E-state index in [0.717, 1.165) is 17.6 Å². The number of hydrogen-bond acceptors (Lipinski definition) is 6. The van der Waals surface area contributed by atoms with E-state index < -0.39 is 5.60 Å². The minimum atomic E-state index is -0.504. The van der Waals surface area contributed by atoms with Crippen molar-refractivity contribution in [1.82, 2.24) is 15.0 Å². The third-order valence-electron chi connectivity index (χ3n) is 3.53. The lowest BCUT2D eigenvalue weighted by molar-refractivity contribution is 0.0273. The van der Waals surface area contributed by atoms with Gasteiger partial charge in [0.1, 0.15) is 5.60 Å². The van der Waals surface area contributed by atoms with Crippen LogP contribution in [0, 0.1) is 0 Å². The van der Waals surface area contributed by atoms with Gasteiger partial charge in [0.25, 0.3) is 5.71 Å². The lowest BCUT2D eigenvalue weighted by Crippen LogP contribution is -2.39. The molecule has 3 heterocycles. The van der Waals surface area contributed by atoms with Crippen LogP contribution in [0.5, 0.6) is 0 Å². The van der Waals surface area contributed by atoms with E-state index in [2.05, 4.69) is 16.2 Å². The van der Waals surface area contributed by atoms with Crippen molar-refractivity contribution in [2.75, 3.05) is 18.8 Å². The number of pyridine rings is 1. The number of ether oxygens (including phenoxy) is 1. The van der Waals surface area contributed by atoms with Gasteiger partial charge in [-0.05, 0) is 44.4 Å². The second-order valence-electron chi connectivity index (χ2n) is 6.56. The van der Waals surface area contributed by atoms with Crippen LogP contribution >= 0.6 is 0 Å². The minimum Gasteiger partial charge on any atom is -0.444 e. The van der Waals surface area contributed by atoms with Gasteiger partial charge in [0.15, 0.2) is 5.82 Å². The van der Waals surface area contributed by atoms with E-state index in [1.807, 2.05) is 26.8 Å². The number of nitrogens with zero attached hydrogens (tertiary/aromatic N) is 3. The highest BCUT2D eigenvalue weighted by molar-refractivity contribution is 5.87. The second-order valence-corrected chi connectivity index (χ2v) is 6.56. The van der Waals surface area contributed by atoms with Crippen LogP contribution in [-0.2, 0) is 4.74 Å². The van der Waals surface area contributed by atoms with E-state index in [1.54, 1.807) is 11.1 Å². The van der Waals surface area contributed by atoms with Crippen LogP contribution in [0.3, 0.4) is 0 Å². The Balaban J connectivity index is 1.81. The molecule has 122 valence electrons. The smallest absolute Gasteiger partial charge is 0.410 e. The zero-order chi connectivity index (χ0) is 16.6. The van der Waals surface area contributed by atoms with Crippen LogP contribution in [0.25, 0.3) is 16.7 Å². The number of carbonyl (C=O) groups excluding carboxylic acids is 1. The number of anilines is 1. The standard InChI is InChI=1S/C16H20N4O3/c1-16(2,3)22-15(21)20-6-4-5-10(9-20)11-7-12-13(17)19-23-14(12)18-8-11/h5,7-8H,4,6,9H2,1-3H3,(H2,17,19). The summed E-state index contributed by atoms with van der Waals surface area (Å²) in [6.45, 7) is 6.70. The maximum Gasteiger partial charge on any atom is 0.410 e. The van der Waals surface area contributed by atoms with Crippen molar-refractivity contribution < 1.29 is 14.1 Å². The first-order valence-corrected chi connectivity index (χ1v) is 7.52. The molecular formula is C16H20N4O3. The maximum absolute atomic E-state index is 12.2. The molecule has 0 bridgehead atoms. The number of nitrogens with two attached hydrogens (primary N) is 1. The Kier molecular flexibility index (Phi) is 3.71. The van der Waals surface area contributed by atoms with Gasteiger partial charge in [-0.1, -0.05) is 11.2 Å². The van der Waals surface area contributed by atoms with E-state index in [4.69, 9.17) is 15.0 Å². The number of hydrogen-bond donors (Lipinski definition) is 1. The summed E-state index contributed by atoms with van der Waals surface area (Å²) in [6, 6.07) is 1.89. The quantitative estimate of drug-likeness (QED) is 0.869. The Bertz CT molecular complexity index is 773. The van der Waals surface area contributed by atoms with E-state index in [9.17, 15) is 4.79 Å². The molecular weight excluding hydrogens is 296 g/mol. The zero-order valence-corrected chi connectivity index (χ0v) is 13.5. The van der Waals surface area contributed by atoms with Gasteiger partial charge < -0.3 is 19.9 Å². The highest BCUT2D eigenvalue weighted by Crippen LogP contribution is 2.26. The van der Waals surface area contributed by atoms with Crippen LogP contribution in [0.2, 0.25) is 0 Å². The van der Waals surface area contributed by atoms with Crippen molar-refractivity contribution in [3.8, 4) is 0 Å². The molecule has 0 saturated heterocycles. The summed E-state index contributed by atoms with van der Waals surface area (Å²) in [5.74, 6) is 0.315. The summed E-state index contributed by atoms with van der Waals surface area (Å²) >= 11 is 0. The van der Waals surface area contributed by atoms with Crippen molar-refractivity contribution in [1.29, 1.82) is 0 Å². The minimum absolute atomic E-state index is 0.304. The Hall–Kier alpha value is -2.57. The molecule has 0 fully saturated rings. The summed E-state index contributed by atoms with van der Waals surface area (Å²) in [4.78, 5) is 18.1. The summed E-state index contributed by atoms with van der Waals surface area (Å²) in [5.41, 5.74) is 7.59. The highest BCUT2D eigenvalue weighted by Gasteiger charge is 2.25. The van der Waals surface area contributed by atoms with Gasteiger partial charge in [0.05, 0.1) is 5.39 Å². The van der Waals surface area contributed by atoms with Gasteiger partial charge in [-0.15, -0.1) is 0 Å². The summed E-state index contributed by atoms with van der Waals surface area (Å²) in [6.07, 6.45) is 4.28. The fraction of sp³-hybridized carbons (Fsp3) is 0.438. The Labute approximate surface area is 134 Å². The molecule has 1 amide bonds. The van der Waals surface area contributed by atoms with Crippen molar-refractivity contribution in [2.45, 2.75) is 32.8 Å². The topological polar surface area (TPSA) is 94.5 Å². The molecule has 7 heteroatoms. The fourth-order valence-corrected chi connectivity index (χ4v) is 2.46. The van der Waals surface area contributed by atoms with E-state index in [-0.39, 0.29) is 6.09 Å². The number of aromatic nitrogens is 2. The molecule has 7 nitrogen and oxygen atoms in total. The van der Waals surface area contributed by atoms with Crippen LogP contribution < -0.4 is 5.73 Å². The zero-order valence-electron chi connectivity index (χ0n) is 13.5. The van der Waals surface area contributed by atoms with Crippen LogP contribution in [0.4, 0.5) is 10.6 Å². The molecule has 0 unspecified atom stereocenters. The van der Waals surface area contributed by atoms with Crippen molar-refractivity contribution in [3.05, 3.63) is 23.9 Å². The molecule has 1 aliphatic heterocycles. The van der Waals surface area contributed by atoms with Gasteiger partial charge in [-0.2, -0.15) is 0 Å². The first kappa shape index (κ1) is 15.3. The third kappa shape index (κ3) is 3.28. The van der Waals surface area contributed by atoms with Crippen LogP contribution in [0.1, 0.15) is 32.8 Å².